The second-order valence-corrected chi connectivity index (χ2v) is 5.33. The average molecular weight is 251 g/mol. The number of hydrogen-bond acceptors (Lipinski definition) is 4. The van der Waals surface area contributed by atoms with Crippen molar-refractivity contribution < 1.29 is 4.79 Å². The van der Waals surface area contributed by atoms with E-state index in [4.69, 9.17) is 5.73 Å². The van der Waals surface area contributed by atoms with Crippen LogP contribution in [0.2, 0.25) is 0 Å². The summed E-state index contributed by atoms with van der Waals surface area (Å²) in [4.78, 5) is 16.2. The Balaban J connectivity index is 2.06. The Morgan fingerprint density at radius 2 is 2.17 bits per heavy atom. The number of hydrogen-bond donors (Lipinski definition) is 2. The first-order valence-electron chi connectivity index (χ1n) is 6.18. The highest BCUT2D eigenvalue weighted by Crippen LogP contribution is 2.36. The molecule has 0 unspecified atom stereocenters. The zero-order valence-corrected chi connectivity index (χ0v) is 11.2. The summed E-state index contributed by atoms with van der Waals surface area (Å²) >= 11 is 0. The average Bonchev–Trinajstić information content (AvgIpc) is 2.67. The van der Waals surface area contributed by atoms with Crippen LogP contribution in [0, 0.1) is 0 Å². The van der Waals surface area contributed by atoms with E-state index in [1.807, 2.05) is 7.05 Å². The highest BCUT2D eigenvalue weighted by molar-refractivity contribution is 5.96. The second-order valence-electron chi connectivity index (χ2n) is 5.33. The van der Waals surface area contributed by atoms with Crippen LogP contribution < -0.4 is 5.73 Å². The molecule has 0 bridgehead atoms. The van der Waals surface area contributed by atoms with Crippen molar-refractivity contribution in [3.05, 3.63) is 11.9 Å². The maximum absolute atomic E-state index is 12.2. The minimum Gasteiger partial charge on any atom is -0.396 e. The number of carbonyl (C=O) groups excluding carboxylic acids is 1. The van der Waals surface area contributed by atoms with Crippen molar-refractivity contribution >= 4 is 11.6 Å². The van der Waals surface area contributed by atoms with Gasteiger partial charge in [-0.05, 0) is 33.4 Å². The lowest BCUT2D eigenvalue weighted by Crippen LogP contribution is -2.57. The molecule has 1 aliphatic carbocycles. The number of amides is 1. The Kier molecular flexibility index (Phi) is 3.30. The van der Waals surface area contributed by atoms with Crippen LogP contribution in [-0.4, -0.2) is 59.1 Å². The lowest BCUT2D eigenvalue weighted by molar-refractivity contribution is 0.0250. The maximum Gasteiger partial charge on any atom is 0.273 e. The first kappa shape index (κ1) is 12.9. The summed E-state index contributed by atoms with van der Waals surface area (Å²) in [6, 6.07) is 0. The smallest absolute Gasteiger partial charge is 0.273 e. The molecule has 1 aromatic heterocycles. The molecule has 6 nitrogen and oxygen atoms in total. The molecule has 6 heteroatoms. The van der Waals surface area contributed by atoms with Crippen molar-refractivity contribution in [1.29, 1.82) is 0 Å². The lowest BCUT2D eigenvalue weighted by atomic mass is 9.75. The van der Waals surface area contributed by atoms with Crippen LogP contribution in [-0.2, 0) is 0 Å². The number of rotatable bonds is 4. The molecule has 1 aromatic rings. The topological polar surface area (TPSA) is 78.2 Å². The van der Waals surface area contributed by atoms with Gasteiger partial charge in [-0.25, -0.2) is 0 Å². The van der Waals surface area contributed by atoms with Gasteiger partial charge in [-0.1, -0.05) is 0 Å². The standard InChI is InChI=1S/C12H21N5O/c1-16(2)12(5-4-6-12)8-17(3)11(18)10-9(13)7-14-15-10/h7H,4-6,8,13H2,1-3H3,(H,14,15). The van der Waals surface area contributed by atoms with Gasteiger partial charge < -0.3 is 15.5 Å². The van der Waals surface area contributed by atoms with Gasteiger partial charge in [0, 0.05) is 19.1 Å². The predicted molar refractivity (Wildman–Crippen MR) is 70.2 cm³/mol. The van der Waals surface area contributed by atoms with E-state index in [1.54, 1.807) is 4.90 Å². The Hall–Kier alpha value is -1.56. The highest BCUT2D eigenvalue weighted by atomic mass is 16.2. The molecule has 0 atom stereocenters. The minimum atomic E-state index is -0.0990. The zero-order chi connectivity index (χ0) is 13.3. The Labute approximate surface area is 107 Å². The van der Waals surface area contributed by atoms with Crippen molar-refractivity contribution in [2.45, 2.75) is 24.8 Å². The molecular formula is C12H21N5O. The third-order valence-corrected chi connectivity index (χ3v) is 3.99. The van der Waals surface area contributed by atoms with Crippen LogP contribution in [0.4, 0.5) is 5.69 Å². The van der Waals surface area contributed by atoms with Crippen molar-refractivity contribution in [2.75, 3.05) is 33.4 Å². The zero-order valence-electron chi connectivity index (χ0n) is 11.2. The van der Waals surface area contributed by atoms with Gasteiger partial charge in [-0.3, -0.25) is 9.89 Å². The summed E-state index contributed by atoms with van der Waals surface area (Å²) in [6.45, 7) is 0.720. The molecule has 1 aliphatic rings. The predicted octanol–water partition coefficient (Wildman–Crippen LogP) is 0.548. The molecule has 1 saturated carbocycles. The summed E-state index contributed by atoms with van der Waals surface area (Å²) in [5.74, 6) is -0.0990. The molecule has 1 heterocycles. The van der Waals surface area contributed by atoms with Crippen molar-refractivity contribution in [1.82, 2.24) is 20.0 Å². The number of nitrogens with one attached hydrogen (secondary N) is 1. The summed E-state index contributed by atoms with van der Waals surface area (Å²) in [6.07, 6.45) is 4.96. The molecular weight excluding hydrogens is 230 g/mol. The van der Waals surface area contributed by atoms with Crippen molar-refractivity contribution in [2.24, 2.45) is 0 Å². The molecule has 0 spiro atoms. The molecule has 1 amide bonds. The van der Waals surface area contributed by atoms with Gasteiger partial charge in [0.15, 0.2) is 0 Å². The van der Waals surface area contributed by atoms with Crippen molar-refractivity contribution in [3.8, 4) is 0 Å². The SMILES string of the molecule is CN(CC1(N(C)C)CCC1)C(=O)c1[nH]ncc1N. The number of aromatic nitrogens is 2. The number of carbonyl (C=O) groups is 1. The fourth-order valence-corrected chi connectivity index (χ4v) is 2.50. The van der Waals surface area contributed by atoms with Crippen LogP contribution in [0.25, 0.3) is 0 Å². The van der Waals surface area contributed by atoms with Crippen LogP contribution in [0.5, 0.6) is 0 Å². The van der Waals surface area contributed by atoms with Gasteiger partial charge in [0.05, 0.1) is 11.9 Å². The molecule has 1 fully saturated rings. The van der Waals surface area contributed by atoms with E-state index in [0.29, 0.717) is 11.4 Å². The van der Waals surface area contributed by atoms with Gasteiger partial charge in [0.1, 0.15) is 5.69 Å². The van der Waals surface area contributed by atoms with Gasteiger partial charge in [0.25, 0.3) is 5.91 Å². The first-order chi connectivity index (χ1) is 8.46. The Morgan fingerprint density at radius 1 is 1.50 bits per heavy atom. The largest absolute Gasteiger partial charge is 0.396 e. The number of nitrogen functional groups attached to an aromatic ring is 1. The molecule has 0 aromatic carbocycles. The number of nitrogens with zero attached hydrogens (tertiary/aromatic N) is 3. The summed E-state index contributed by atoms with van der Waals surface area (Å²) in [5, 5.41) is 6.44. The van der Waals surface area contributed by atoms with E-state index in [-0.39, 0.29) is 11.4 Å². The third-order valence-electron chi connectivity index (χ3n) is 3.99. The number of nitrogens with two attached hydrogens (primary N) is 1. The summed E-state index contributed by atoms with van der Waals surface area (Å²) < 4.78 is 0. The fourth-order valence-electron chi connectivity index (χ4n) is 2.50. The van der Waals surface area contributed by atoms with Crippen LogP contribution in [0.1, 0.15) is 29.8 Å². The quantitative estimate of drug-likeness (QED) is 0.819. The molecule has 18 heavy (non-hydrogen) atoms. The molecule has 0 saturated heterocycles. The maximum atomic E-state index is 12.2. The normalized spacial score (nSPS) is 17.6. The molecule has 2 rings (SSSR count). The van der Waals surface area contributed by atoms with Crippen molar-refractivity contribution in [3.63, 3.8) is 0 Å². The van der Waals surface area contributed by atoms with Crippen LogP contribution in [0.3, 0.4) is 0 Å². The van der Waals surface area contributed by atoms with Gasteiger partial charge in [0.2, 0.25) is 0 Å². The Morgan fingerprint density at radius 3 is 2.56 bits per heavy atom. The van der Waals surface area contributed by atoms with E-state index in [1.165, 1.54) is 12.6 Å². The Bertz CT molecular complexity index is 435. The first-order valence-corrected chi connectivity index (χ1v) is 6.18. The van der Waals surface area contributed by atoms with E-state index in [0.717, 1.165) is 19.4 Å². The highest BCUT2D eigenvalue weighted by Gasteiger charge is 2.41. The molecule has 100 valence electrons. The number of likely N-dealkylation sites (N-methyl/N-ethyl adjacent to an activating group) is 2. The third kappa shape index (κ3) is 2.08. The number of anilines is 1. The van der Waals surface area contributed by atoms with Crippen LogP contribution >= 0.6 is 0 Å². The number of H-pyrrole nitrogens is 1. The monoisotopic (exact) mass is 251 g/mol. The fraction of sp³-hybridized carbons (Fsp3) is 0.667. The van der Waals surface area contributed by atoms with E-state index >= 15 is 0 Å². The molecule has 0 aliphatic heterocycles. The summed E-state index contributed by atoms with van der Waals surface area (Å²) in [7, 11) is 5.95. The van der Waals surface area contributed by atoms with Gasteiger partial charge >= 0.3 is 0 Å². The molecule has 3 N–H and O–H groups in total. The van der Waals surface area contributed by atoms with Crippen LogP contribution in [0.15, 0.2) is 6.20 Å². The second kappa shape index (κ2) is 4.61. The van der Waals surface area contributed by atoms with Gasteiger partial charge in [-0.15, -0.1) is 0 Å². The molecule has 0 radical (unpaired) electrons. The van der Waals surface area contributed by atoms with E-state index in [9.17, 15) is 4.79 Å². The number of aromatic amines is 1. The minimum absolute atomic E-state index is 0.0990. The lowest BCUT2D eigenvalue weighted by Gasteiger charge is -2.49. The van der Waals surface area contributed by atoms with E-state index < -0.39 is 0 Å². The van der Waals surface area contributed by atoms with E-state index in [2.05, 4.69) is 29.2 Å². The van der Waals surface area contributed by atoms with Gasteiger partial charge in [-0.2, -0.15) is 5.10 Å². The summed E-state index contributed by atoms with van der Waals surface area (Å²) in [5.41, 5.74) is 6.60.